The minimum atomic E-state index is -0.189. The Kier molecular flexibility index (Phi) is 5.40. The van der Waals surface area contributed by atoms with Crippen molar-refractivity contribution in [3.63, 3.8) is 0 Å². The number of benzene rings is 2. The van der Waals surface area contributed by atoms with Crippen molar-refractivity contribution in [1.82, 2.24) is 5.16 Å². The van der Waals surface area contributed by atoms with Crippen molar-refractivity contribution in [2.24, 2.45) is 0 Å². The van der Waals surface area contributed by atoms with Crippen LogP contribution in [-0.2, 0) is 11.2 Å². The van der Waals surface area contributed by atoms with E-state index in [1.807, 2.05) is 73.3 Å². The Labute approximate surface area is 176 Å². The second-order valence-electron chi connectivity index (χ2n) is 7.59. The molecular weight excluding hydrogens is 378 g/mol. The van der Waals surface area contributed by atoms with E-state index in [-0.39, 0.29) is 23.9 Å². The van der Waals surface area contributed by atoms with Crippen LogP contribution in [0.5, 0.6) is 0 Å². The average molecular weight is 403 g/mol. The molecule has 0 N–H and O–H groups in total. The number of amides is 2. The maximum absolute atomic E-state index is 13.3. The van der Waals surface area contributed by atoms with Gasteiger partial charge in [-0.15, -0.1) is 0 Å². The highest BCUT2D eigenvalue weighted by molar-refractivity contribution is 6.06. The van der Waals surface area contributed by atoms with Gasteiger partial charge in [0.15, 0.2) is 5.69 Å². The van der Waals surface area contributed by atoms with Gasteiger partial charge in [0.25, 0.3) is 5.91 Å². The Balaban J connectivity index is 1.76. The fourth-order valence-electron chi connectivity index (χ4n) is 4.21. The third kappa shape index (κ3) is 3.49. The van der Waals surface area contributed by atoms with Crippen LogP contribution < -0.4 is 9.80 Å². The molecule has 3 aromatic rings. The fourth-order valence-corrected chi connectivity index (χ4v) is 4.21. The van der Waals surface area contributed by atoms with Crippen molar-refractivity contribution in [2.75, 3.05) is 9.80 Å². The maximum Gasteiger partial charge on any atom is 0.280 e. The molecule has 30 heavy (non-hydrogen) atoms. The van der Waals surface area contributed by atoms with Gasteiger partial charge in [-0.2, -0.15) is 0 Å². The Morgan fingerprint density at radius 1 is 1.13 bits per heavy atom. The quantitative estimate of drug-likeness (QED) is 0.629. The van der Waals surface area contributed by atoms with Gasteiger partial charge in [-0.1, -0.05) is 48.5 Å². The number of carbonyl (C=O) groups is 2. The first kappa shape index (κ1) is 19.9. The van der Waals surface area contributed by atoms with Gasteiger partial charge in [0.1, 0.15) is 5.76 Å². The molecule has 0 bridgehead atoms. The van der Waals surface area contributed by atoms with Gasteiger partial charge in [-0.05, 0) is 37.1 Å². The van der Waals surface area contributed by atoms with E-state index in [4.69, 9.17) is 4.52 Å². The van der Waals surface area contributed by atoms with E-state index >= 15 is 0 Å². The lowest BCUT2D eigenvalue weighted by Gasteiger charge is -2.43. The molecule has 6 heteroatoms. The monoisotopic (exact) mass is 403 g/mol. The number of aromatic nitrogens is 1. The molecule has 1 aliphatic heterocycles. The molecular formula is C24H25N3O3. The van der Waals surface area contributed by atoms with E-state index in [1.165, 1.54) is 0 Å². The van der Waals surface area contributed by atoms with Crippen LogP contribution in [0.4, 0.5) is 11.4 Å². The molecule has 154 valence electrons. The second kappa shape index (κ2) is 8.14. The summed E-state index contributed by atoms with van der Waals surface area (Å²) in [6.45, 7) is 5.54. The fraction of sp³-hybridized carbons (Fsp3) is 0.292. The molecule has 0 aliphatic carbocycles. The predicted octanol–water partition coefficient (Wildman–Crippen LogP) is 4.77. The van der Waals surface area contributed by atoms with Gasteiger partial charge in [0.05, 0.1) is 6.04 Å². The van der Waals surface area contributed by atoms with E-state index < -0.39 is 0 Å². The minimum Gasteiger partial charge on any atom is -0.361 e. The number of nitrogens with zero attached hydrogens (tertiary/aromatic N) is 3. The van der Waals surface area contributed by atoms with E-state index in [0.29, 0.717) is 24.3 Å². The van der Waals surface area contributed by atoms with Crippen LogP contribution in [0, 0.1) is 0 Å². The minimum absolute atomic E-state index is 0.0305. The standard InChI is InChI=1S/C24H25N3O3/c1-4-19-15-21(25-30-19)24(29)26-16(2)14-23(20-12-8-9-13-22(20)26)27(17(3)28)18-10-6-5-7-11-18/h5-13,15-16,23H,4,14H2,1-3H3. The summed E-state index contributed by atoms with van der Waals surface area (Å²) in [7, 11) is 0. The molecule has 1 aliphatic rings. The van der Waals surface area contributed by atoms with Crippen LogP contribution in [0.15, 0.2) is 65.2 Å². The zero-order valence-corrected chi connectivity index (χ0v) is 17.4. The zero-order chi connectivity index (χ0) is 21.3. The Bertz CT molecular complexity index is 1060. The summed E-state index contributed by atoms with van der Waals surface area (Å²) in [6, 6.07) is 18.9. The summed E-state index contributed by atoms with van der Waals surface area (Å²) >= 11 is 0. The largest absolute Gasteiger partial charge is 0.361 e. The van der Waals surface area contributed by atoms with E-state index in [0.717, 1.165) is 16.9 Å². The van der Waals surface area contributed by atoms with E-state index in [9.17, 15) is 9.59 Å². The molecule has 2 aromatic carbocycles. The second-order valence-corrected chi connectivity index (χ2v) is 7.59. The first-order valence-electron chi connectivity index (χ1n) is 10.2. The SMILES string of the molecule is CCc1cc(C(=O)N2c3ccccc3C(N(C(C)=O)c3ccccc3)CC2C)no1. The number of carbonyl (C=O) groups excluding carboxylic acids is 2. The predicted molar refractivity (Wildman–Crippen MR) is 116 cm³/mol. The van der Waals surface area contributed by atoms with Gasteiger partial charge in [0.2, 0.25) is 5.91 Å². The Morgan fingerprint density at radius 2 is 1.83 bits per heavy atom. The topological polar surface area (TPSA) is 66.7 Å². The highest BCUT2D eigenvalue weighted by Crippen LogP contribution is 2.42. The summed E-state index contributed by atoms with van der Waals surface area (Å²) in [4.78, 5) is 29.6. The summed E-state index contributed by atoms with van der Waals surface area (Å²) in [6.07, 6.45) is 1.30. The molecule has 1 aromatic heterocycles. The first-order valence-corrected chi connectivity index (χ1v) is 10.2. The number of rotatable bonds is 4. The Hall–Kier alpha value is -3.41. The van der Waals surface area contributed by atoms with Crippen LogP contribution in [0.2, 0.25) is 0 Å². The summed E-state index contributed by atoms with van der Waals surface area (Å²) in [5.74, 6) is 0.462. The third-order valence-corrected chi connectivity index (χ3v) is 5.59. The van der Waals surface area contributed by atoms with Crippen molar-refractivity contribution in [3.05, 3.63) is 77.7 Å². The van der Waals surface area contributed by atoms with Crippen LogP contribution in [0.3, 0.4) is 0 Å². The van der Waals surface area contributed by atoms with Gasteiger partial charge in [-0.25, -0.2) is 0 Å². The molecule has 0 fully saturated rings. The number of aryl methyl sites for hydroxylation is 1. The smallest absolute Gasteiger partial charge is 0.280 e. The van der Waals surface area contributed by atoms with E-state index in [2.05, 4.69) is 5.16 Å². The average Bonchev–Trinajstić information content (AvgIpc) is 3.23. The van der Waals surface area contributed by atoms with Crippen molar-refractivity contribution >= 4 is 23.2 Å². The lowest BCUT2D eigenvalue weighted by molar-refractivity contribution is -0.117. The van der Waals surface area contributed by atoms with Crippen LogP contribution in [0.25, 0.3) is 0 Å². The van der Waals surface area contributed by atoms with Gasteiger partial charge in [-0.3, -0.25) is 9.59 Å². The molecule has 2 amide bonds. The maximum atomic E-state index is 13.3. The molecule has 4 rings (SSSR count). The summed E-state index contributed by atoms with van der Waals surface area (Å²) in [5.41, 5.74) is 2.90. The molecule has 0 saturated carbocycles. The number of hydrogen-bond donors (Lipinski definition) is 0. The van der Waals surface area contributed by atoms with Gasteiger partial charge < -0.3 is 14.3 Å². The normalized spacial score (nSPS) is 18.0. The molecule has 0 radical (unpaired) electrons. The van der Waals surface area contributed by atoms with Crippen molar-refractivity contribution in [2.45, 2.75) is 45.7 Å². The third-order valence-electron chi connectivity index (χ3n) is 5.59. The first-order chi connectivity index (χ1) is 14.5. The number of para-hydroxylation sites is 2. The van der Waals surface area contributed by atoms with Crippen LogP contribution in [-0.4, -0.2) is 23.0 Å². The summed E-state index contributed by atoms with van der Waals surface area (Å²) < 4.78 is 5.25. The highest BCUT2D eigenvalue weighted by Gasteiger charge is 2.38. The number of hydrogen-bond acceptors (Lipinski definition) is 4. The van der Waals surface area contributed by atoms with E-state index in [1.54, 1.807) is 17.9 Å². The van der Waals surface area contributed by atoms with Crippen molar-refractivity contribution < 1.29 is 14.1 Å². The van der Waals surface area contributed by atoms with Gasteiger partial charge in [0, 0.05) is 36.8 Å². The molecule has 0 saturated heterocycles. The van der Waals surface area contributed by atoms with Crippen molar-refractivity contribution in [3.8, 4) is 0 Å². The molecule has 2 unspecified atom stereocenters. The molecule has 2 heterocycles. The van der Waals surface area contributed by atoms with Gasteiger partial charge >= 0.3 is 0 Å². The molecule has 2 atom stereocenters. The zero-order valence-electron chi connectivity index (χ0n) is 17.4. The number of fused-ring (bicyclic) bond motifs is 1. The van der Waals surface area contributed by atoms with Crippen LogP contribution >= 0.6 is 0 Å². The molecule has 6 nitrogen and oxygen atoms in total. The Morgan fingerprint density at radius 3 is 2.50 bits per heavy atom. The highest BCUT2D eigenvalue weighted by atomic mass is 16.5. The lowest BCUT2D eigenvalue weighted by atomic mass is 9.89. The van der Waals surface area contributed by atoms with Crippen LogP contribution in [0.1, 0.15) is 55.0 Å². The molecule has 0 spiro atoms. The number of anilines is 2. The lowest BCUT2D eigenvalue weighted by Crippen LogP contribution is -2.47. The summed E-state index contributed by atoms with van der Waals surface area (Å²) in [5, 5.41) is 3.97. The van der Waals surface area contributed by atoms with Crippen molar-refractivity contribution in [1.29, 1.82) is 0 Å².